The van der Waals surface area contributed by atoms with Crippen molar-refractivity contribution in [3.8, 4) is 0 Å². The smallest absolute Gasteiger partial charge is 0.243 e. The van der Waals surface area contributed by atoms with E-state index in [2.05, 4.69) is 10.3 Å². The number of nitrogens with one attached hydrogen (secondary N) is 1. The third-order valence-corrected chi connectivity index (χ3v) is 5.26. The summed E-state index contributed by atoms with van der Waals surface area (Å²) in [7, 11) is 0. The Morgan fingerprint density at radius 2 is 2.10 bits per heavy atom. The molecule has 1 atom stereocenters. The van der Waals surface area contributed by atoms with Gasteiger partial charge in [-0.15, -0.1) is 11.3 Å². The molecule has 2 aliphatic rings. The SMILES string of the molecule is Cc1nc(CN2C(=O)CNC(=O)C2C2CCCCC2)cs1. The molecule has 1 aromatic heterocycles. The fourth-order valence-electron chi connectivity index (χ4n) is 3.43. The van der Waals surface area contributed by atoms with Gasteiger partial charge in [-0.25, -0.2) is 4.98 Å². The molecule has 0 bridgehead atoms. The number of amides is 2. The van der Waals surface area contributed by atoms with Crippen LogP contribution >= 0.6 is 11.3 Å². The molecule has 114 valence electrons. The molecule has 0 radical (unpaired) electrons. The van der Waals surface area contributed by atoms with Gasteiger partial charge in [0.05, 0.1) is 23.8 Å². The van der Waals surface area contributed by atoms with Crippen molar-refractivity contribution in [2.45, 2.75) is 51.6 Å². The first-order valence-electron chi connectivity index (χ1n) is 7.63. The predicted molar refractivity (Wildman–Crippen MR) is 80.8 cm³/mol. The minimum absolute atomic E-state index is 0.00783. The summed E-state index contributed by atoms with van der Waals surface area (Å²) in [6.07, 6.45) is 5.64. The lowest BCUT2D eigenvalue weighted by Gasteiger charge is -2.40. The number of aromatic nitrogens is 1. The van der Waals surface area contributed by atoms with Gasteiger partial charge in [-0.1, -0.05) is 19.3 Å². The second-order valence-corrected chi connectivity index (χ2v) is 7.00. The van der Waals surface area contributed by atoms with E-state index in [1.165, 1.54) is 6.42 Å². The fraction of sp³-hybridized carbons (Fsp3) is 0.667. The molecule has 1 saturated carbocycles. The van der Waals surface area contributed by atoms with Crippen molar-refractivity contribution in [3.63, 3.8) is 0 Å². The Morgan fingerprint density at radius 3 is 2.76 bits per heavy atom. The molecule has 2 fully saturated rings. The number of hydrogen-bond acceptors (Lipinski definition) is 4. The first-order chi connectivity index (χ1) is 10.1. The third kappa shape index (κ3) is 3.10. The molecular formula is C15H21N3O2S. The topological polar surface area (TPSA) is 62.3 Å². The summed E-state index contributed by atoms with van der Waals surface area (Å²) in [6, 6.07) is -0.312. The van der Waals surface area contributed by atoms with Gasteiger partial charge in [0.15, 0.2) is 0 Å². The maximum atomic E-state index is 12.3. The number of rotatable bonds is 3. The third-order valence-electron chi connectivity index (χ3n) is 4.43. The molecule has 3 rings (SSSR count). The zero-order valence-electron chi connectivity index (χ0n) is 12.3. The molecule has 1 saturated heterocycles. The van der Waals surface area contributed by atoms with Crippen molar-refractivity contribution in [2.24, 2.45) is 5.92 Å². The van der Waals surface area contributed by atoms with Crippen LogP contribution in [0.4, 0.5) is 0 Å². The maximum absolute atomic E-state index is 12.3. The number of piperazine rings is 1. The zero-order chi connectivity index (χ0) is 14.8. The lowest BCUT2D eigenvalue weighted by Crippen LogP contribution is -2.60. The second kappa shape index (κ2) is 6.13. The molecule has 0 spiro atoms. The highest BCUT2D eigenvalue weighted by molar-refractivity contribution is 7.09. The molecular weight excluding hydrogens is 286 g/mol. The molecule has 21 heavy (non-hydrogen) atoms. The average Bonchev–Trinajstić information content (AvgIpc) is 2.89. The van der Waals surface area contributed by atoms with Crippen molar-refractivity contribution in [3.05, 3.63) is 16.1 Å². The van der Waals surface area contributed by atoms with Crippen molar-refractivity contribution in [2.75, 3.05) is 6.54 Å². The van der Waals surface area contributed by atoms with Gasteiger partial charge in [-0.2, -0.15) is 0 Å². The summed E-state index contributed by atoms with van der Waals surface area (Å²) in [5, 5.41) is 5.73. The van der Waals surface area contributed by atoms with Gasteiger partial charge in [-0.3, -0.25) is 9.59 Å². The molecule has 2 amide bonds. The minimum atomic E-state index is -0.312. The van der Waals surface area contributed by atoms with Gasteiger partial charge in [0.25, 0.3) is 0 Å². The van der Waals surface area contributed by atoms with Gasteiger partial charge >= 0.3 is 0 Å². The number of aryl methyl sites for hydroxylation is 1. The van der Waals surface area contributed by atoms with Crippen molar-refractivity contribution < 1.29 is 9.59 Å². The van der Waals surface area contributed by atoms with Crippen molar-refractivity contribution in [1.82, 2.24) is 15.2 Å². The molecule has 2 heterocycles. The van der Waals surface area contributed by atoms with Crippen LogP contribution in [0.15, 0.2) is 5.38 Å². The Morgan fingerprint density at radius 1 is 1.33 bits per heavy atom. The predicted octanol–water partition coefficient (Wildman–Crippen LogP) is 1.86. The van der Waals surface area contributed by atoms with E-state index in [1.54, 1.807) is 16.2 Å². The molecule has 1 N–H and O–H groups in total. The number of thiazole rings is 1. The largest absolute Gasteiger partial charge is 0.345 e. The molecule has 1 aromatic rings. The van der Waals surface area contributed by atoms with E-state index < -0.39 is 0 Å². The van der Waals surface area contributed by atoms with E-state index in [4.69, 9.17) is 0 Å². The van der Waals surface area contributed by atoms with Crippen LogP contribution in [0.5, 0.6) is 0 Å². The highest BCUT2D eigenvalue weighted by Crippen LogP contribution is 2.31. The monoisotopic (exact) mass is 307 g/mol. The normalized spacial score (nSPS) is 24.2. The van der Waals surface area contributed by atoms with Gasteiger partial charge in [0.1, 0.15) is 6.04 Å². The van der Waals surface area contributed by atoms with Crippen LogP contribution < -0.4 is 5.32 Å². The number of carbonyl (C=O) groups is 2. The first kappa shape index (κ1) is 14.5. The Labute approximate surface area is 128 Å². The zero-order valence-corrected chi connectivity index (χ0v) is 13.1. The summed E-state index contributed by atoms with van der Waals surface area (Å²) >= 11 is 1.58. The Bertz CT molecular complexity index is 537. The van der Waals surface area contributed by atoms with Crippen LogP contribution in [0.3, 0.4) is 0 Å². The lowest BCUT2D eigenvalue weighted by atomic mass is 9.82. The average molecular weight is 307 g/mol. The van der Waals surface area contributed by atoms with Crippen LogP contribution in [0.2, 0.25) is 0 Å². The van der Waals surface area contributed by atoms with Crippen LogP contribution in [-0.4, -0.2) is 34.3 Å². The lowest BCUT2D eigenvalue weighted by molar-refractivity contribution is -0.149. The number of carbonyl (C=O) groups excluding carboxylic acids is 2. The number of hydrogen-bond donors (Lipinski definition) is 1. The second-order valence-electron chi connectivity index (χ2n) is 5.94. The van der Waals surface area contributed by atoms with E-state index in [1.807, 2.05) is 12.3 Å². The van der Waals surface area contributed by atoms with Crippen LogP contribution in [0, 0.1) is 12.8 Å². The highest BCUT2D eigenvalue weighted by Gasteiger charge is 2.40. The first-order valence-corrected chi connectivity index (χ1v) is 8.51. The summed E-state index contributed by atoms with van der Waals surface area (Å²) in [4.78, 5) is 30.8. The molecule has 1 aliphatic carbocycles. The summed E-state index contributed by atoms with van der Waals surface area (Å²) in [6.45, 7) is 2.53. The molecule has 1 unspecified atom stereocenters. The standard InChI is InChI=1S/C15H21N3O2S/c1-10-17-12(9-21-10)8-18-13(19)7-16-15(20)14(18)11-5-3-2-4-6-11/h9,11,14H,2-8H2,1H3,(H,16,20). The molecule has 6 heteroatoms. The fourth-order valence-corrected chi connectivity index (χ4v) is 4.03. The van der Waals surface area contributed by atoms with Gasteiger partial charge in [-0.05, 0) is 25.7 Å². The summed E-state index contributed by atoms with van der Waals surface area (Å²) < 4.78 is 0. The molecule has 5 nitrogen and oxygen atoms in total. The van der Waals surface area contributed by atoms with E-state index in [0.29, 0.717) is 12.5 Å². The van der Waals surface area contributed by atoms with Crippen LogP contribution in [0.1, 0.15) is 42.8 Å². The Balaban J connectivity index is 1.81. The molecule has 1 aliphatic heterocycles. The highest BCUT2D eigenvalue weighted by atomic mass is 32.1. The van der Waals surface area contributed by atoms with Crippen LogP contribution in [0.25, 0.3) is 0 Å². The van der Waals surface area contributed by atoms with Gasteiger partial charge in [0.2, 0.25) is 11.8 Å². The quantitative estimate of drug-likeness (QED) is 0.927. The Hall–Kier alpha value is -1.43. The Kier molecular flexibility index (Phi) is 4.24. The number of nitrogens with zero attached hydrogens (tertiary/aromatic N) is 2. The summed E-state index contributed by atoms with van der Waals surface area (Å²) in [5.74, 6) is 0.312. The van der Waals surface area contributed by atoms with Crippen LogP contribution in [-0.2, 0) is 16.1 Å². The van der Waals surface area contributed by atoms with Gasteiger partial charge < -0.3 is 10.2 Å². The summed E-state index contributed by atoms with van der Waals surface area (Å²) in [5.41, 5.74) is 0.890. The van der Waals surface area contributed by atoms with Gasteiger partial charge in [0, 0.05) is 5.38 Å². The van der Waals surface area contributed by atoms with Crippen molar-refractivity contribution >= 4 is 23.2 Å². The van der Waals surface area contributed by atoms with Crippen molar-refractivity contribution in [1.29, 1.82) is 0 Å². The minimum Gasteiger partial charge on any atom is -0.345 e. The van der Waals surface area contributed by atoms with E-state index in [9.17, 15) is 9.59 Å². The van der Waals surface area contributed by atoms with E-state index in [-0.39, 0.29) is 24.4 Å². The van der Waals surface area contributed by atoms with E-state index >= 15 is 0 Å². The molecule has 0 aromatic carbocycles. The maximum Gasteiger partial charge on any atom is 0.243 e. The van der Waals surface area contributed by atoms with E-state index in [0.717, 1.165) is 36.4 Å².